The molecule has 31 heavy (non-hydrogen) atoms. The number of pyridine rings is 2. The van der Waals surface area contributed by atoms with E-state index < -0.39 is 17.8 Å². The Hall–Kier alpha value is -3.32. The maximum atomic E-state index is 13.3. The molecule has 2 N–H and O–H groups in total. The third kappa shape index (κ3) is 4.27. The van der Waals surface area contributed by atoms with Gasteiger partial charge in [-0.1, -0.05) is 35.9 Å². The summed E-state index contributed by atoms with van der Waals surface area (Å²) < 4.78 is 39.9. The fourth-order valence-electron chi connectivity index (χ4n) is 3.38. The lowest BCUT2D eigenvalue weighted by molar-refractivity contribution is -0.137. The quantitative estimate of drug-likeness (QED) is 0.377. The molecule has 0 radical (unpaired) electrons. The summed E-state index contributed by atoms with van der Waals surface area (Å²) in [5.74, 6) is -0.0608. The van der Waals surface area contributed by atoms with Crippen LogP contribution in [0.4, 0.5) is 18.9 Å². The van der Waals surface area contributed by atoms with Crippen LogP contribution in [0.15, 0.2) is 66.9 Å². The molecule has 0 saturated carbocycles. The smallest absolute Gasteiger partial charge is 0.417 e. The average molecular weight is 444 g/mol. The summed E-state index contributed by atoms with van der Waals surface area (Å²) in [6, 6.07) is 15.3. The number of hydrogen-bond acceptors (Lipinski definition) is 4. The summed E-state index contributed by atoms with van der Waals surface area (Å²) in [7, 11) is 0. The molecular formula is C23H17ClF3N3O. The summed E-state index contributed by atoms with van der Waals surface area (Å²) in [5, 5.41) is 14.4. The second-order valence-corrected chi connectivity index (χ2v) is 7.46. The lowest BCUT2D eigenvalue weighted by Crippen LogP contribution is -2.15. The molecule has 4 rings (SSSR count). The van der Waals surface area contributed by atoms with Crippen LogP contribution in [0.2, 0.25) is 5.02 Å². The van der Waals surface area contributed by atoms with Crippen LogP contribution in [0.25, 0.3) is 10.9 Å². The van der Waals surface area contributed by atoms with Crippen molar-refractivity contribution < 1.29 is 18.3 Å². The highest BCUT2D eigenvalue weighted by atomic mass is 35.5. The maximum Gasteiger partial charge on any atom is 0.417 e. The van der Waals surface area contributed by atoms with E-state index in [1.807, 2.05) is 19.1 Å². The molecule has 2 heterocycles. The van der Waals surface area contributed by atoms with E-state index in [-0.39, 0.29) is 16.5 Å². The van der Waals surface area contributed by atoms with E-state index in [0.717, 1.165) is 17.1 Å². The Labute approximate surface area is 181 Å². The maximum absolute atomic E-state index is 13.3. The largest absolute Gasteiger partial charge is 0.505 e. The topological polar surface area (TPSA) is 58.0 Å². The van der Waals surface area contributed by atoms with Gasteiger partial charge in [0.05, 0.1) is 22.3 Å². The number of rotatable bonds is 4. The molecule has 4 aromatic rings. The summed E-state index contributed by atoms with van der Waals surface area (Å²) in [5.41, 5.74) is 1.34. The number of hydrogen-bond donors (Lipinski definition) is 2. The van der Waals surface area contributed by atoms with Crippen LogP contribution >= 0.6 is 11.6 Å². The molecule has 8 heteroatoms. The van der Waals surface area contributed by atoms with Crippen LogP contribution < -0.4 is 5.32 Å². The third-order valence-corrected chi connectivity index (χ3v) is 5.21. The molecule has 1 atom stereocenters. The van der Waals surface area contributed by atoms with Crippen molar-refractivity contribution in [1.82, 2.24) is 9.97 Å². The third-order valence-electron chi connectivity index (χ3n) is 4.88. The Balaban J connectivity index is 1.84. The molecule has 0 spiro atoms. The highest BCUT2D eigenvalue weighted by Crippen LogP contribution is 2.39. The Kier molecular flexibility index (Phi) is 5.45. The summed E-state index contributed by atoms with van der Waals surface area (Å²) >= 11 is 5.75. The van der Waals surface area contributed by atoms with E-state index >= 15 is 0 Å². The van der Waals surface area contributed by atoms with Crippen molar-refractivity contribution in [1.29, 1.82) is 0 Å². The van der Waals surface area contributed by atoms with Gasteiger partial charge in [0.15, 0.2) is 0 Å². The van der Waals surface area contributed by atoms with E-state index in [4.69, 9.17) is 11.6 Å². The number of nitrogens with zero attached hydrogens (tertiary/aromatic N) is 2. The van der Waals surface area contributed by atoms with Gasteiger partial charge in [-0.05, 0) is 43.3 Å². The summed E-state index contributed by atoms with van der Waals surface area (Å²) in [6.07, 6.45) is -3.02. The second-order valence-electron chi connectivity index (χ2n) is 7.05. The van der Waals surface area contributed by atoms with Gasteiger partial charge in [-0.2, -0.15) is 13.2 Å². The Morgan fingerprint density at radius 2 is 1.81 bits per heavy atom. The van der Waals surface area contributed by atoms with Gasteiger partial charge in [0.1, 0.15) is 11.3 Å². The zero-order valence-electron chi connectivity index (χ0n) is 16.3. The first kappa shape index (κ1) is 20.9. The van der Waals surface area contributed by atoms with Gasteiger partial charge in [0, 0.05) is 28.5 Å². The number of halogens is 4. The van der Waals surface area contributed by atoms with Gasteiger partial charge in [-0.15, -0.1) is 0 Å². The molecule has 0 amide bonds. The number of aryl methyl sites for hydroxylation is 1. The molecule has 158 valence electrons. The zero-order valence-corrected chi connectivity index (χ0v) is 17.0. The minimum absolute atomic E-state index is 0.0608. The van der Waals surface area contributed by atoms with Crippen LogP contribution in [0.1, 0.15) is 28.6 Å². The first-order chi connectivity index (χ1) is 14.7. The Bertz CT molecular complexity index is 1250. The minimum atomic E-state index is -4.60. The molecule has 1 unspecified atom stereocenters. The number of benzene rings is 2. The van der Waals surface area contributed by atoms with Crippen LogP contribution in [0.3, 0.4) is 0 Å². The van der Waals surface area contributed by atoms with Crippen molar-refractivity contribution in [3.63, 3.8) is 0 Å². The van der Waals surface area contributed by atoms with Crippen molar-refractivity contribution in [2.75, 3.05) is 5.32 Å². The number of alkyl halides is 3. The SMILES string of the molecule is Cc1ccc2ccc(C(Nc3ccc(Cl)c(C(F)(F)F)c3)c3ccccn3)c(O)c2n1. The monoisotopic (exact) mass is 443 g/mol. The van der Waals surface area contributed by atoms with Gasteiger partial charge in [-0.3, -0.25) is 4.98 Å². The van der Waals surface area contributed by atoms with Crippen molar-refractivity contribution in [2.45, 2.75) is 19.1 Å². The van der Waals surface area contributed by atoms with E-state index in [0.29, 0.717) is 16.8 Å². The number of aromatic nitrogens is 2. The number of phenols is 1. The minimum Gasteiger partial charge on any atom is -0.505 e. The van der Waals surface area contributed by atoms with Gasteiger partial charge < -0.3 is 10.4 Å². The molecule has 2 aromatic carbocycles. The number of fused-ring (bicyclic) bond motifs is 1. The van der Waals surface area contributed by atoms with Crippen LogP contribution in [0.5, 0.6) is 5.75 Å². The molecule has 0 fully saturated rings. The van der Waals surface area contributed by atoms with Crippen LogP contribution in [-0.4, -0.2) is 15.1 Å². The van der Waals surface area contributed by atoms with Crippen LogP contribution in [0, 0.1) is 6.92 Å². The van der Waals surface area contributed by atoms with Gasteiger partial charge in [-0.25, -0.2) is 4.98 Å². The molecule has 0 aliphatic rings. The van der Waals surface area contributed by atoms with Crippen molar-refractivity contribution in [3.05, 3.63) is 94.4 Å². The highest BCUT2D eigenvalue weighted by Gasteiger charge is 2.33. The van der Waals surface area contributed by atoms with Gasteiger partial charge >= 0.3 is 6.18 Å². The molecule has 2 aromatic heterocycles. The molecular weight excluding hydrogens is 427 g/mol. The molecule has 0 aliphatic carbocycles. The summed E-state index contributed by atoms with van der Waals surface area (Å²) in [6.45, 7) is 1.81. The lowest BCUT2D eigenvalue weighted by atomic mass is 9.99. The fraction of sp³-hybridized carbons (Fsp3) is 0.130. The van der Waals surface area contributed by atoms with Crippen molar-refractivity contribution in [3.8, 4) is 5.75 Å². The van der Waals surface area contributed by atoms with E-state index in [1.165, 1.54) is 12.1 Å². The number of phenolic OH excluding ortho intramolecular Hbond substituents is 1. The molecule has 0 bridgehead atoms. The summed E-state index contributed by atoms with van der Waals surface area (Å²) in [4.78, 5) is 8.75. The fourth-order valence-corrected chi connectivity index (χ4v) is 3.60. The zero-order chi connectivity index (χ0) is 22.2. The van der Waals surface area contributed by atoms with Gasteiger partial charge in [0.2, 0.25) is 0 Å². The van der Waals surface area contributed by atoms with E-state index in [9.17, 15) is 18.3 Å². The lowest BCUT2D eigenvalue weighted by Gasteiger charge is -2.22. The standard InChI is InChI=1S/C23H17ClF3N3O/c1-13-5-6-14-7-9-16(22(31)20(14)29-13)21(19-4-2-3-11-28-19)30-15-8-10-18(24)17(12-15)23(25,26)27/h2-12,21,30-31H,1H3. The molecule has 4 nitrogen and oxygen atoms in total. The first-order valence-corrected chi connectivity index (χ1v) is 9.75. The second kappa shape index (κ2) is 8.07. The van der Waals surface area contributed by atoms with Crippen molar-refractivity contribution >= 4 is 28.2 Å². The molecule has 0 aliphatic heterocycles. The predicted octanol–water partition coefficient (Wildman–Crippen LogP) is 6.52. The molecule has 0 saturated heterocycles. The van der Waals surface area contributed by atoms with E-state index in [1.54, 1.807) is 36.5 Å². The van der Waals surface area contributed by atoms with Crippen LogP contribution in [-0.2, 0) is 6.18 Å². The number of aromatic hydroxyl groups is 1. The number of anilines is 1. The highest BCUT2D eigenvalue weighted by molar-refractivity contribution is 6.31. The Morgan fingerprint density at radius 1 is 1.03 bits per heavy atom. The normalized spacial score (nSPS) is 12.7. The van der Waals surface area contributed by atoms with Gasteiger partial charge in [0.25, 0.3) is 0 Å². The first-order valence-electron chi connectivity index (χ1n) is 9.37. The Morgan fingerprint density at radius 3 is 2.52 bits per heavy atom. The van der Waals surface area contributed by atoms with Crippen molar-refractivity contribution in [2.24, 2.45) is 0 Å². The predicted molar refractivity (Wildman–Crippen MR) is 114 cm³/mol. The van der Waals surface area contributed by atoms with E-state index in [2.05, 4.69) is 15.3 Å². The average Bonchev–Trinajstić information content (AvgIpc) is 2.74. The number of nitrogens with one attached hydrogen (secondary N) is 1.